The summed E-state index contributed by atoms with van der Waals surface area (Å²) in [6.45, 7) is 1.52. The topological polar surface area (TPSA) is 17.1 Å². The normalized spacial score (nSPS) is 17.3. The van der Waals surface area contributed by atoms with Crippen LogP contribution in [0.3, 0.4) is 0 Å². The standard InChI is InChI=1S/C9H11FO/c1-7(11)5-8-3-2-4-9(10)6-8/h4,6H,2-3,5H2,1H3. The third-order valence-electron chi connectivity index (χ3n) is 1.62. The summed E-state index contributed by atoms with van der Waals surface area (Å²) in [5.41, 5.74) is 0.914. The van der Waals surface area contributed by atoms with Crippen LogP contribution in [0.15, 0.2) is 23.6 Å². The summed E-state index contributed by atoms with van der Waals surface area (Å²) in [6, 6.07) is 0. The number of carbonyl (C=O) groups is 1. The summed E-state index contributed by atoms with van der Waals surface area (Å²) >= 11 is 0. The molecule has 1 rings (SSSR count). The molecule has 0 heterocycles. The van der Waals surface area contributed by atoms with E-state index in [4.69, 9.17) is 0 Å². The molecular formula is C9H11FO. The van der Waals surface area contributed by atoms with E-state index in [0.29, 0.717) is 6.42 Å². The Kier molecular flexibility index (Phi) is 2.58. The molecule has 0 fully saturated rings. The summed E-state index contributed by atoms with van der Waals surface area (Å²) in [6.07, 6.45) is 4.97. The van der Waals surface area contributed by atoms with E-state index in [-0.39, 0.29) is 11.6 Å². The second-order valence-electron chi connectivity index (χ2n) is 2.81. The first-order chi connectivity index (χ1) is 5.18. The van der Waals surface area contributed by atoms with Gasteiger partial charge in [0.05, 0.1) is 0 Å². The lowest BCUT2D eigenvalue weighted by molar-refractivity contribution is -0.116. The highest BCUT2D eigenvalue weighted by atomic mass is 19.1. The molecule has 0 unspecified atom stereocenters. The Balaban J connectivity index is 2.58. The molecule has 60 valence electrons. The molecule has 0 aromatic heterocycles. The number of allylic oxidation sites excluding steroid dienone is 4. The van der Waals surface area contributed by atoms with Crippen LogP contribution in [0.4, 0.5) is 4.39 Å². The molecule has 0 atom stereocenters. The number of halogens is 1. The van der Waals surface area contributed by atoms with Crippen LogP contribution >= 0.6 is 0 Å². The fraction of sp³-hybridized carbons (Fsp3) is 0.444. The summed E-state index contributed by atoms with van der Waals surface area (Å²) in [4.78, 5) is 10.6. The molecule has 0 aromatic carbocycles. The number of rotatable bonds is 2. The molecule has 0 N–H and O–H groups in total. The summed E-state index contributed by atoms with van der Waals surface area (Å²) < 4.78 is 12.6. The van der Waals surface area contributed by atoms with E-state index in [9.17, 15) is 9.18 Å². The summed E-state index contributed by atoms with van der Waals surface area (Å²) in [5, 5.41) is 0. The summed E-state index contributed by atoms with van der Waals surface area (Å²) in [5.74, 6) is -0.0987. The van der Waals surface area contributed by atoms with Gasteiger partial charge in [0.2, 0.25) is 0 Å². The largest absolute Gasteiger partial charge is 0.300 e. The van der Waals surface area contributed by atoms with Gasteiger partial charge in [-0.1, -0.05) is 5.57 Å². The Labute approximate surface area is 65.6 Å². The minimum Gasteiger partial charge on any atom is -0.300 e. The number of hydrogen-bond acceptors (Lipinski definition) is 1. The zero-order valence-electron chi connectivity index (χ0n) is 6.56. The Morgan fingerprint density at radius 1 is 1.73 bits per heavy atom. The van der Waals surface area contributed by atoms with Gasteiger partial charge in [-0.15, -0.1) is 0 Å². The van der Waals surface area contributed by atoms with Gasteiger partial charge in [-0.3, -0.25) is 4.79 Å². The maximum Gasteiger partial charge on any atom is 0.133 e. The van der Waals surface area contributed by atoms with Crippen molar-refractivity contribution in [3.05, 3.63) is 23.6 Å². The van der Waals surface area contributed by atoms with Crippen molar-refractivity contribution < 1.29 is 9.18 Å². The number of hydrogen-bond donors (Lipinski definition) is 0. The van der Waals surface area contributed by atoms with E-state index in [0.717, 1.165) is 18.4 Å². The molecule has 11 heavy (non-hydrogen) atoms. The molecular weight excluding hydrogens is 143 g/mol. The van der Waals surface area contributed by atoms with Gasteiger partial charge in [-0.05, 0) is 31.9 Å². The Bertz CT molecular complexity index is 226. The molecule has 2 heteroatoms. The van der Waals surface area contributed by atoms with Gasteiger partial charge in [0.25, 0.3) is 0 Å². The molecule has 0 saturated carbocycles. The highest BCUT2D eigenvalue weighted by molar-refractivity contribution is 5.78. The van der Waals surface area contributed by atoms with E-state index in [1.807, 2.05) is 0 Å². The molecule has 1 nitrogen and oxygen atoms in total. The van der Waals surface area contributed by atoms with E-state index >= 15 is 0 Å². The van der Waals surface area contributed by atoms with Crippen LogP contribution < -0.4 is 0 Å². The molecule has 1 aliphatic rings. The van der Waals surface area contributed by atoms with E-state index in [1.165, 1.54) is 13.0 Å². The van der Waals surface area contributed by atoms with Crippen LogP contribution in [-0.2, 0) is 4.79 Å². The van der Waals surface area contributed by atoms with Gasteiger partial charge < -0.3 is 0 Å². The first-order valence-corrected chi connectivity index (χ1v) is 3.73. The summed E-state index contributed by atoms with van der Waals surface area (Å²) in [7, 11) is 0. The van der Waals surface area contributed by atoms with Gasteiger partial charge in [0, 0.05) is 6.42 Å². The number of carbonyl (C=O) groups excluding carboxylic acids is 1. The second kappa shape index (κ2) is 3.46. The first-order valence-electron chi connectivity index (χ1n) is 3.73. The van der Waals surface area contributed by atoms with Crippen molar-refractivity contribution in [3.8, 4) is 0 Å². The smallest absolute Gasteiger partial charge is 0.133 e. The van der Waals surface area contributed by atoms with Crippen LogP contribution in [0, 0.1) is 0 Å². The maximum atomic E-state index is 12.6. The third-order valence-corrected chi connectivity index (χ3v) is 1.62. The number of Topliss-reactive ketones (excluding diaryl/α,β-unsaturated/α-hetero) is 1. The predicted molar refractivity (Wildman–Crippen MR) is 41.8 cm³/mol. The SMILES string of the molecule is CC(=O)CC1=CC(F)=CCC1. The molecule has 0 saturated heterocycles. The fourth-order valence-corrected chi connectivity index (χ4v) is 1.18. The van der Waals surface area contributed by atoms with E-state index < -0.39 is 0 Å². The lowest BCUT2D eigenvalue weighted by atomic mass is 10.00. The minimum absolute atomic E-state index is 0.103. The van der Waals surface area contributed by atoms with Crippen molar-refractivity contribution in [2.75, 3.05) is 0 Å². The molecule has 0 bridgehead atoms. The van der Waals surface area contributed by atoms with Crippen molar-refractivity contribution in [1.29, 1.82) is 0 Å². The van der Waals surface area contributed by atoms with Crippen molar-refractivity contribution in [2.45, 2.75) is 26.2 Å². The van der Waals surface area contributed by atoms with Crippen LogP contribution in [0.5, 0.6) is 0 Å². The lowest BCUT2D eigenvalue weighted by Gasteiger charge is -2.07. The van der Waals surface area contributed by atoms with Gasteiger partial charge in [-0.25, -0.2) is 4.39 Å². The van der Waals surface area contributed by atoms with E-state index in [1.54, 1.807) is 6.08 Å². The highest BCUT2D eigenvalue weighted by Gasteiger charge is 2.06. The predicted octanol–water partition coefficient (Wildman–Crippen LogP) is 2.54. The van der Waals surface area contributed by atoms with Crippen molar-refractivity contribution in [1.82, 2.24) is 0 Å². The molecule has 1 aliphatic carbocycles. The van der Waals surface area contributed by atoms with Crippen molar-refractivity contribution >= 4 is 5.78 Å². The monoisotopic (exact) mass is 154 g/mol. The van der Waals surface area contributed by atoms with Crippen LogP contribution in [0.2, 0.25) is 0 Å². The zero-order valence-corrected chi connectivity index (χ0v) is 6.56. The molecule has 0 amide bonds. The van der Waals surface area contributed by atoms with Crippen LogP contribution in [0.1, 0.15) is 26.2 Å². The van der Waals surface area contributed by atoms with Gasteiger partial charge >= 0.3 is 0 Å². The van der Waals surface area contributed by atoms with E-state index in [2.05, 4.69) is 0 Å². The Morgan fingerprint density at radius 2 is 2.45 bits per heavy atom. The zero-order chi connectivity index (χ0) is 8.27. The molecule has 0 aliphatic heterocycles. The third kappa shape index (κ3) is 2.66. The molecule has 0 aromatic rings. The van der Waals surface area contributed by atoms with Crippen LogP contribution in [-0.4, -0.2) is 5.78 Å². The minimum atomic E-state index is -0.201. The van der Waals surface area contributed by atoms with Gasteiger partial charge in [0.1, 0.15) is 11.6 Å². The van der Waals surface area contributed by atoms with Gasteiger partial charge in [-0.2, -0.15) is 0 Å². The quantitative estimate of drug-likeness (QED) is 0.597. The highest BCUT2D eigenvalue weighted by Crippen LogP contribution is 2.20. The first kappa shape index (κ1) is 8.18. The van der Waals surface area contributed by atoms with Crippen molar-refractivity contribution in [3.63, 3.8) is 0 Å². The van der Waals surface area contributed by atoms with Gasteiger partial charge in [0.15, 0.2) is 0 Å². The number of ketones is 1. The maximum absolute atomic E-state index is 12.6. The molecule has 0 spiro atoms. The van der Waals surface area contributed by atoms with Crippen LogP contribution in [0.25, 0.3) is 0 Å². The second-order valence-corrected chi connectivity index (χ2v) is 2.81. The average molecular weight is 154 g/mol. The average Bonchev–Trinajstić information content (AvgIpc) is 1.85. The fourth-order valence-electron chi connectivity index (χ4n) is 1.18. The van der Waals surface area contributed by atoms with Crippen molar-refractivity contribution in [2.24, 2.45) is 0 Å². The lowest BCUT2D eigenvalue weighted by Crippen LogP contribution is -1.96. The molecule has 0 radical (unpaired) electrons. The Hall–Kier alpha value is -0.920. The Morgan fingerprint density at radius 3 is 3.00 bits per heavy atom.